The van der Waals surface area contributed by atoms with Crippen molar-refractivity contribution in [2.24, 2.45) is 0 Å². The number of hydrogen-bond acceptors (Lipinski definition) is 4. The Balaban J connectivity index is 1.20. The Morgan fingerprint density at radius 3 is 2.22 bits per heavy atom. The van der Waals surface area contributed by atoms with Gasteiger partial charge >= 0.3 is 5.97 Å². The molecule has 6 heteroatoms. The largest absolute Gasteiger partial charge is 0.481 e. The molecule has 4 aromatic rings. The molecule has 6 rings (SSSR count). The number of carbonyl (C=O) groups is 2. The number of benzene rings is 3. The molecule has 1 atom stereocenters. The fourth-order valence-corrected chi connectivity index (χ4v) is 5.41. The Hall–Kier alpha value is -4.19. The molecule has 1 N–H and O–H groups in total. The monoisotopic (exact) mass is 492 g/mol. The fourth-order valence-electron chi connectivity index (χ4n) is 5.41. The molecular formula is C31H28N2O4. The predicted molar refractivity (Wildman–Crippen MR) is 140 cm³/mol. The van der Waals surface area contributed by atoms with Crippen LogP contribution in [0.2, 0.25) is 0 Å². The van der Waals surface area contributed by atoms with Crippen molar-refractivity contribution in [2.75, 3.05) is 6.54 Å². The van der Waals surface area contributed by atoms with E-state index < -0.39 is 11.4 Å². The molecule has 1 aliphatic carbocycles. The quantitative estimate of drug-likeness (QED) is 0.345. The van der Waals surface area contributed by atoms with Crippen molar-refractivity contribution in [2.45, 2.75) is 44.1 Å². The van der Waals surface area contributed by atoms with Crippen LogP contribution >= 0.6 is 0 Å². The SMILES string of the molecule is Cc1noc(-c2ccc(-c3ccc(C4(C(=O)O)CC4)cc3)cc2)c1CN1CC(c2ccccc2)CC1=O. The number of amides is 1. The van der Waals surface area contributed by atoms with E-state index in [9.17, 15) is 14.7 Å². The van der Waals surface area contributed by atoms with Crippen molar-refractivity contribution in [1.29, 1.82) is 0 Å². The zero-order valence-electron chi connectivity index (χ0n) is 20.7. The number of carbonyl (C=O) groups excluding carboxylic acids is 1. The van der Waals surface area contributed by atoms with Crippen LogP contribution in [0.5, 0.6) is 0 Å². The lowest BCUT2D eigenvalue weighted by molar-refractivity contribution is -0.140. The average Bonchev–Trinajstić information content (AvgIpc) is 3.56. The molecule has 1 aromatic heterocycles. The van der Waals surface area contributed by atoms with Crippen molar-refractivity contribution < 1.29 is 19.2 Å². The van der Waals surface area contributed by atoms with Crippen LogP contribution in [0.3, 0.4) is 0 Å². The van der Waals surface area contributed by atoms with Gasteiger partial charge in [0.05, 0.1) is 17.7 Å². The molecule has 1 unspecified atom stereocenters. The molecule has 6 nitrogen and oxygen atoms in total. The molecule has 37 heavy (non-hydrogen) atoms. The molecule has 1 saturated heterocycles. The van der Waals surface area contributed by atoms with E-state index in [4.69, 9.17) is 4.52 Å². The van der Waals surface area contributed by atoms with Crippen molar-refractivity contribution in [3.63, 3.8) is 0 Å². The number of carboxylic acid groups (broad SMARTS) is 1. The third-order valence-corrected chi connectivity index (χ3v) is 7.90. The van der Waals surface area contributed by atoms with Gasteiger partial charge in [0, 0.05) is 30.0 Å². The zero-order chi connectivity index (χ0) is 25.6. The summed E-state index contributed by atoms with van der Waals surface area (Å²) in [4.78, 5) is 26.3. The minimum Gasteiger partial charge on any atom is -0.481 e. The lowest BCUT2D eigenvalue weighted by Crippen LogP contribution is -2.24. The van der Waals surface area contributed by atoms with Crippen molar-refractivity contribution in [1.82, 2.24) is 10.1 Å². The predicted octanol–water partition coefficient (Wildman–Crippen LogP) is 5.95. The number of aliphatic carboxylic acids is 1. The molecule has 1 amide bonds. The number of hydrogen-bond donors (Lipinski definition) is 1. The van der Waals surface area contributed by atoms with E-state index in [-0.39, 0.29) is 11.8 Å². The molecule has 2 heterocycles. The Morgan fingerprint density at radius 2 is 1.59 bits per heavy atom. The molecular weight excluding hydrogens is 464 g/mol. The first kappa shape index (κ1) is 23.2. The van der Waals surface area contributed by atoms with Gasteiger partial charge < -0.3 is 14.5 Å². The third kappa shape index (κ3) is 4.22. The van der Waals surface area contributed by atoms with Gasteiger partial charge in [-0.15, -0.1) is 0 Å². The molecule has 0 bridgehead atoms. The van der Waals surface area contributed by atoms with Gasteiger partial charge in [0.15, 0.2) is 5.76 Å². The van der Waals surface area contributed by atoms with Gasteiger partial charge in [-0.05, 0) is 42.0 Å². The molecule has 1 aliphatic heterocycles. The minimum absolute atomic E-state index is 0.148. The topological polar surface area (TPSA) is 83.6 Å². The first-order valence-corrected chi connectivity index (χ1v) is 12.7. The summed E-state index contributed by atoms with van der Waals surface area (Å²) in [6.45, 7) is 3.07. The lowest BCUT2D eigenvalue weighted by atomic mass is 9.93. The number of aryl methyl sites for hydroxylation is 1. The minimum atomic E-state index is -0.742. The van der Waals surface area contributed by atoms with Crippen LogP contribution in [0.25, 0.3) is 22.5 Å². The highest BCUT2D eigenvalue weighted by atomic mass is 16.5. The maximum absolute atomic E-state index is 12.8. The van der Waals surface area contributed by atoms with Crippen molar-refractivity contribution in [3.8, 4) is 22.5 Å². The van der Waals surface area contributed by atoms with Gasteiger partial charge in [-0.1, -0.05) is 84.0 Å². The van der Waals surface area contributed by atoms with Gasteiger partial charge in [0.1, 0.15) is 0 Å². The molecule has 2 fully saturated rings. The summed E-state index contributed by atoms with van der Waals surface area (Å²) in [5.41, 5.74) is 6.06. The molecule has 2 aliphatic rings. The first-order chi connectivity index (χ1) is 17.9. The third-order valence-electron chi connectivity index (χ3n) is 7.90. The van der Waals surface area contributed by atoms with Crippen LogP contribution in [0.4, 0.5) is 0 Å². The standard InChI is InChI=1S/C31H28N2O4/c1-20-27(19-33-18-25(17-28(33)34)21-5-3-2-4-6-21)29(37-32-20)24-9-7-22(8-10-24)23-11-13-26(14-12-23)31(15-16-31)30(35)36/h2-14,25H,15-19H2,1H3,(H,35,36). The Bertz CT molecular complexity index is 1450. The molecule has 3 aromatic carbocycles. The summed E-state index contributed by atoms with van der Waals surface area (Å²) < 4.78 is 5.72. The van der Waals surface area contributed by atoms with E-state index in [1.54, 1.807) is 0 Å². The van der Waals surface area contributed by atoms with Crippen molar-refractivity contribution >= 4 is 11.9 Å². The zero-order valence-corrected chi connectivity index (χ0v) is 20.7. The number of carboxylic acids is 1. The van der Waals surface area contributed by atoms with Crippen LogP contribution in [0.1, 0.15) is 47.6 Å². The van der Waals surface area contributed by atoms with E-state index in [1.807, 2.05) is 78.6 Å². The normalized spacial score (nSPS) is 18.2. The van der Waals surface area contributed by atoms with Crippen LogP contribution in [0, 0.1) is 6.92 Å². The highest BCUT2D eigenvalue weighted by Crippen LogP contribution is 2.48. The molecule has 186 valence electrons. The van der Waals surface area contributed by atoms with Gasteiger partial charge in [0.2, 0.25) is 5.91 Å². The van der Waals surface area contributed by atoms with Gasteiger partial charge in [-0.2, -0.15) is 0 Å². The molecule has 1 saturated carbocycles. The Kier molecular flexibility index (Phi) is 5.67. The van der Waals surface area contributed by atoms with Gasteiger partial charge in [0.25, 0.3) is 0 Å². The van der Waals surface area contributed by atoms with E-state index in [0.29, 0.717) is 38.1 Å². The molecule has 0 spiro atoms. The average molecular weight is 493 g/mol. The Labute approximate surface area is 215 Å². The highest BCUT2D eigenvalue weighted by Gasteiger charge is 2.51. The summed E-state index contributed by atoms with van der Waals surface area (Å²) in [6, 6.07) is 26.1. The van der Waals surface area contributed by atoms with Crippen LogP contribution < -0.4 is 0 Å². The fraction of sp³-hybridized carbons (Fsp3) is 0.258. The van der Waals surface area contributed by atoms with Crippen LogP contribution in [0.15, 0.2) is 83.4 Å². The number of rotatable bonds is 7. The second-order valence-electron chi connectivity index (χ2n) is 10.2. The summed E-state index contributed by atoms with van der Waals surface area (Å²) in [5.74, 6) is 0.296. The van der Waals surface area contributed by atoms with E-state index in [2.05, 4.69) is 17.3 Å². The first-order valence-electron chi connectivity index (χ1n) is 12.7. The lowest BCUT2D eigenvalue weighted by Gasteiger charge is -2.17. The van der Waals surface area contributed by atoms with E-state index in [0.717, 1.165) is 33.5 Å². The summed E-state index contributed by atoms with van der Waals surface area (Å²) in [6.07, 6.45) is 1.92. The smallest absolute Gasteiger partial charge is 0.314 e. The van der Waals surface area contributed by atoms with Crippen molar-refractivity contribution in [3.05, 3.63) is 101 Å². The summed E-state index contributed by atoms with van der Waals surface area (Å²) >= 11 is 0. The highest BCUT2D eigenvalue weighted by molar-refractivity contribution is 5.85. The second-order valence-corrected chi connectivity index (χ2v) is 10.2. The van der Waals surface area contributed by atoms with E-state index >= 15 is 0 Å². The summed E-state index contributed by atoms with van der Waals surface area (Å²) in [7, 11) is 0. The summed E-state index contributed by atoms with van der Waals surface area (Å²) in [5, 5.41) is 13.7. The molecule has 0 radical (unpaired) electrons. The Morgan fingerprint density at radius 1 is 0.973 bits per heavy atom. The maximum Gasteiger partial charge on any atom is 0.314 e. The van der Waals surface area contributed by atoms with Gasteiger partial charge in [-0.3, -0.25) is 9.59 Å². The van der Waals surface area contributed by atoms with Gasteiger partial charge in [-0.25, -0.2) is 0 Å². The van der Waals surface area contributed by atoms with Crippen LogP contribution in [-0.4, -0.2) is 33.6 Å². The maximum atomic E-state index is 12.8. The van der Waals surface area contributed by atoms with E-state index in [1.165, 1.54) is 5.56 Å². The number of aromatic nitrogens is 1. The van der Waals surface area contributed by atoms with Crippen LogP contribution in [-0.2, 0) is 21.5 Å². The number of nitrogens with zero attached hydrogens (tertiary/aromatic N) is 2. The second kappa shape index (κ2) is 9.04. The number of likely N-dealkylation sites (tertiary alicyclic amines) is 1.